The zero-order valence-corrected chi connectivity index (χ0v) is 15.9. The molecule has 0 atom stereocenters. The molecule has 8 nitrogen and oxygen atoms in total. The summed E-state index contributed by atoms with van der Waals surface area (Å²) in [6.45, 7) is 0.588. The Bertz CT molecular complexity index is 1180. The maximum atomic E-state index is 12.9. The molecule has 176 valence electrons. The Labute approximate surface area is 177 Å². The molecule has 0 unspecified atom stereocenters. The lowest BCUT2D eigenvalue weighted by molar-refractivity contribution is -0.142. The molecule has 3 aromatic heterocycles. The van der Waals surface area contributed by atoms with E-state index in [1.54, 1.807) is 0 Å². The second-order valence-electron chi connectivity index (χ2n) is 6.15. The van der Waals surface area contributed by atoms with E-state index in [-0.39, 0.29) is 5.69 Å². The predicted octanol–water partition coefficient (Wildman–Crippen LogP) is 4.89. The third kappa shape index (κ3) is 5.92. The van der Waals surface area contributed by atoms with Crippen LogP contribution in [0.1, 0.15) is 18.3 Å². The maximum absolute atomic E-state index is 12.9. The first-order chi connectivity index (χ1) is 15.1. The van der Waals surface area contributed by atoms with E-state index in [4.69, 9.17) is 0 Å². The SMILES string of the molecule is C/C(=N\c1nc(Nc2ccnc(C(F)(F)F)c2)nc(-n2ccc(C(F)(F)F)n2)n1)C(F)(F)F. The molecule has 0 aliphatic carbocycles. The Hall–Kier alpha value is -3.79. The summed E-state index contributed by atoms with van der Waals surface area (Å²) in [5.74, 6) is -2.18. The van der Waals surface area contributed by atoms with Crippen LogP contribution in [0.5, 0.6) is 0 Å². The van der Waals surface area contributed by atoms with Gasteiger partial charge in [-0.2, -0.15) is 59.6 Å². The smallest absolute Gasteiger partial charge is 0.324 e. The van der Waals surface area contributed by atoms with Crippen LogP contribution in [0.15, 0.2) is 35.6 Å². The highest BCUT2D eigenvalue weighted by Gasteiger charge is 2.35. The van der Waals surface area contributed by atoms with Crippen molar-refractivity contribution < 1.29 is 39.5 Å². The van der Waals surface area contributed by atoms with Crippen molar-refractivity contribution in [3.63, 3.8) is 0 Å². The number of alkyl halides is 9. The van der Waals surface area contributed by atoms with Crippen LogP contribution in [0, 0.1) is 0 Å². The average molecular weight is 484 g/mol. The van der Waals surface area contributed by atoms with E-state index in [0.717, 1.165) is 18.5 Å². The largest absolute Gasteiger partial charge is 0.435 e. The van der Waals surface area contributed by atoms with Crippen LogP contribution in [0.2, 0.25) is 0 Å². The van der Waals surface area contributed by atoms with Gasteiger partial charge in [0.15, 0.2) is 5.69 Å². The molecule has 0 amide bonds. The second-order valence-corrected chi connectivity index (χ2v) is 6.15. The highest BCUT2D eigenvalue weighted by Crippen LogP contribution is 2.30. The van der Waals surface area contributed by atoms with Gasteiger partial charge in [-0.25, -0.2) is 9.67 Å². The molecule has 3 rings (SSSR count). The first-order valence-corrected chi connectivity index (χ1v) is 8.45. The first kappa shape index (κ1) is 23.9. The molecule has 0 saturated heterocycles. The molecule has 1 N–H and O–H groups in total. The van der Waals surface area contributed by atoms with Crippen molar-refractivity contribution in [2.45, 2.75) is 25.5 Å². The molecule has 33 heavy (non-hydrogen) atoms. The highest BCUT2D eigenvalue weighted by atomic mass is 19.4. The number of hydrogen-bond acceptors (Lipinski definition) is 7. The van der Waals surface area contributed by atoms with Crippen LogP contribution in [-0.4, -0.2) is 41.6 Å². The number of nitrogens with zero attached hydrogens (tertiary/aromatic N) is 7. The van der Waals surface area contributed by atoms with Gasteiger partial charge in [0.05, 0.1) is 0 Å². The molecule has 3 aromatic rings. The maximum Gasteiger partial charge on any atom is 0.435 e. The summed E-state index contributed by atoms with van der Waals surface area (Å²) in [6.07, 6.45) is -12.9. The highest BCUT2D eigenvalue weighted by molar-refractivity contribution is 5.89. The van der Waals surface area contributed by atoms with Crippen LogP contribution in [0.25, 0.3) is 5.95 Å². The summed E-state index contributed by atoms with van der Waals surface area (Å²) in [7, 11) is 0. The van der Waals surface area contributed by atoms with E-state index in [9.17, 15) is 39.5 Å². The Morgan fingerprint density at radius 1 is 0.909 bits per heavy atom. The van der Waals surface area contributed by atoms with E-state index in [2.05, 4.69) is 35.3 Å². The lowest BCUT2D eigenvalue weighted by Gasteiger charge is -2.10. The molecule has 0 bridgehead atoms. The van der Waals surface area contributed by atoms with E-state index in [1.807, 2.05) is 0 Å². The number of nitrogens with one attached hydrogen (secondary N) is 1. The molecule has 0 aliphatic heterocycles. The lowest BCUT2D eigenvalue weighted by atomic mass is 10.3. The van der Waals surface area contributed by atoms with E-state index < -0.39 is 53.5 Å². The third-order valence-corrected chi connectivity index (χ3v) is 3.68. The molecule has 0 fully saturated rings. The fourth-order valence-corrected chi connectivity index (χ4v) is 2.15. The standard InChI is InChI=1S/C16H9F9N8/c1-7(14(17,18)19)27-11-29-12(28-8-2-4-26-10(6-8)16(23,24)25)31-13(30-11)33-5-3-9(32-33)15(20,21)22/h2-6H,1H3,(H,26,28,29,30,31)/b27-7+. The van der Waals surface area contributed by atoms with Crippen molar-refractivity contribution in [3.05, 3.63) is 42.0 Å². The second kappa shape index (κ2) is 8.28. The molecule has 0 saturated carbocycles. The van der Waals surface area contributed by atoms with Gasteiger partial charge in [0.1, 0.15) is 11.4 Å². The van der Waals surface area contributed by atoms with Crippen molar-refractivity contribution >= 4 is 23.3 Å². The summed E-state index contributed by atoms with van der Waals surface area (Å²) < 4.78 is 116. The van der Waals surface area contributed by atoms with Gasteiger partial charge in [-0.1, -0.05) is 0 Å². The summed E-state index contributed by atoms with van der Waals surface area (Å²) >= 11 is 0. The molecule has 0 spiro atoms. The van der Waals surface area contributed by atoms with Gasteiger partial charge in [-0.15, -0.1) is 0 Å². The number of anilines is 2. The minimum Gasteiger partial charge on any atom is -0.324 e. The zero-order chi connectivity index (χ0) is 24.6. The average Bonchev–Trinajstić information content (AvgIpc) is 3.17. The quantitative estimate of drug-likeness (QED) is 0.419. The molecule has 0 aliphatic rings. The van der Waals surface area contributed by atoms with Gasteiger partial charge < -0.3 is 5.32 Å². The van der Waals surface area contributed by atoms with Gasteiger partial charge in [-0.3, -0.25) is 4.98 Å². The first-order valence-electron chi connectivity index (χ1n) is 8.45. The number of rotatable bonds is 4. The normalized spacial score (nSPS) is 13.3. The topological polar surface area (TPSA) is 93.8 Å². The number of aliphatic imine (C=N–C) groups is 1. The van der Waals surface area contributed by atoms with Gasteiger partial charge in [0.2, 0.25) is 5.95 Å². The van der Waals surface area contributed by atoms with Gasteiger partial charge in [0, 0.05) is 18.1 Å². The van der Waals surface area contributed by atoms with Gasteiger partial charge >= 0.3 is 18.5 Å². The zero-order valence-electron chi connectivity index (χ0n) is 15.9. The van der Waals surface area contributed by atoms with E-state index in [0.29, 0.717) is 23.7 Å². The summed E-state index contributed by atoms with van der Waals surface area (Å²) in [6, 6.07) is 2.18. The van der Waals surface area contributed by atoms with Crippen LogP contribution in [0.3, 0.4) is 0 Å². The number of pyridine rings is 1. The molecule has 17 heteroatoms. The number of aromatic nitrogens is 6. The monoisotopic (exact) mass is 484 g/mol. The summed E-state index contributed by atoms with van der Waals surface area (Å²) in [5, 5.41) is 5.50. The van der Waals surface area contributed by atoms with Crippen LogP contribution in [0.4, 0.5) is 57.1 Å². The Morgan fingerprint density at radius 3 is 2.15 bits per heavy atom. The Morgan fingerprint density at radius 2 is 1.58 bits per heavy atom. The predicted molar refractivity (Wildman–Crippen MR) is 93.3 cm³/mol. The van der Waals surface area contributed by atoms with E-state index in [1.165, 1.54) is 0 Å². The van der Waals surface area contributed by atoms with Gasteiger partial charge in [0.25, 0.3) is 11.9 Å². The van der Waals surface area contributed by atoms with Crippen LogP contribution >= 0.6 is 0 Å². The number of halogens is 9. The molecule has 3 heterocycles. The van der Waals surface area contributed by atoms with Crippen molar-refractivity contribution in [2.24, 2.45) is 4.99 Å². The minimum absolute atomic E-state index is 0.270. The van der Waals surface area contributed by atoms with Crippen molar-refractivity contribution in [1.82, 2.24) is 29.7 Å². The third-order valence-electron chi connectivity index (χ3n) is 3.68. The van der Waals surface area contributed by atoms with Crippen LogP contribution in [-0.2, 0) is 12.4 Å². The lowest BCUT2D eigenvalue weighted by Crippen LogP contribution is -2.19. The Kier molecular flexibility index (Phi) is 5.99. The molecular weight excluding hydrogens is 475 g/mol. The molecule has 0 aromatic carbocycles. The molecular formula is C16H9F9N8. The fraction of sp³-hybridized carbons (Fsp3) is 0.250. The van der Waals surface area contributed by atoms with Crippen LogP contribution < -0.4 is 5.32 Å². The van der Waals surface area contributed by atoms with E-state index >= 15 is 0 Å². The Balaban J connectivity index is 2.07. The number of hydrogen-bond donors (Lipinski definition) is 1. The molecule has 0 radical (unpaired) electrons. The van der Waals surface area contributed by atoms with Crippen molar-refractivity contribution in [2.75, 3.05) is 5.32 Å². The van der Waals surface area contributed by atoms with Crippen molar-refractivity contribution in [3.8, 4) is 5.95 Å². The fourth-order valence-electron chi connectivity index (χ4n) is 2.15. The van der Waals surface area contributed by atoms with Crippen molar-refractivity contribution in [1.29, 1.82) is 0 Å². The van der Waals surface area contributed by atoms with Gasteiger partial charge in [-0.05, 0) is 25.1 Å². The minimum atomic E-state index is -4.87. The summed E-state index contributed by atoms with van der Waals surface area (Å²) in [5.41, 5.74) is -4.31. The summed E-state index contributed by atoms with van der Waals surface area (Å²) in [4.78, 5) is 17.1.